The van der Waals surface area contributed by atoms with Crippen LogP contribution in [0, 0.1) is 34.0 Å². The molecule has 3 aliphatic heterocycles. The number of halogens is 1. The van der Waals surface area contributed by atoms with E-state index < -0.39 is 78.7 Å². The zero-order valence-electron chi connectivity index (χ0n) is 38.0. The smallest absolute Gasteiger partial charge is 0.488 e. The molecule has 4 saturated carbocycles. The molecule has 17 heteroatoms. The van der Waals surface area contributed by atoms with Crippen molar-refractivity contribution in [3.05, 3.63) is 59.2 Å². The van der Waals surface area contributed by atoms with Crippen LogP contribution in [-0.2, 0) is 53.7 Å². The largest absolute Gasteiger partial charge is 0.566 e. The molecule has 3 amide bonds. The zero-order chi connectivity index (χ0) is 46.7. The lowest BCUT2D eigenvalue weighted by molar-refractivity contribution is -0.204. The average Bonchev–Trinajstić information content (AvgIpc) is 3.76. The van der Waals surface area contributed by atoms with Gasteiger partial charge in [0.15, 0.2) is 30.1 Å². The van der Waals surface area contributed by atoms with Gasteiger partial charge in [0, 0.05) is 28.7 Å². The van der Waals surface area contributed by atoms with Gasteiger partial charge in [-0.25, -0.2) is 0 Å². The Balaban J connectivity index is 0.930. The van der Waals surface area contributed by atoms with Gasteiger partial charge in [0.05, 0.1) is 41.8 Å². The van der Waals surface area contributed by atoms with E-state index in [1.807, 2.05) is 37.3 Å². The molecule has 1 aromatic rings. The number of amides is 3. The molecule has 65 heavy (non-hydrogen) atoms. The Bertz CT molecular complexity index is 2130. The van der Waals surface area contributed by atoms with Gasteiger partial charge in [-0.2, -0.15) is 0 Å². The molecule has 3 heterocycles. The minimum absolute atomic E-state index is 0.00254. The summed E-state index contributed by atoms with van der Waals surface area (Å²) < 4.78 is 36.6. The number of allylic oxidation sites excluding steroid dienone is 4. The fourth-order valence-electron chi connectivity index (χ4n) is 12.9. The van der Waals surface area contributed by atoms with E-state index in [1.54, 1.807) is 12.2 Å². The predicted octanol–water partition coefficient (Wildman–Crippen LogP) is 4.89. The van der Waals surface area contributed by atoms with E-state index in [1.165, 1.54) is 0 Å². The van der Waals surface area contributed by atoms with Crippen LogP contribution in [0.4, 0.5) is 0 Å². The summed E-state index contributed by atoms with van der Waals surface area (Å²) in [5.41, 5.74) is -1.27. The number of aliphatic hydroxyl groups is 1. The van der Waals surface area contributed by atoms with E-state index in [0.717, 1.165) is 30.4 Å². The van der Waals surface area contributed by atoms with Gasteiger partial charge in [0.25, 0.3) is 0 Å². The first-order chi connectivity index (χ1) is 30.6. The molecule has 3 saturated heterocycles. The number of ether oxygens (including phenoxy) is 3. The van der Waals surface area contributed by atoms with Crippen LogP contribution in [0.1, 0.15) is 116 Å². The third-order valence-electron chi connectivity index (χ3n) is 16.3. The summed E-state index contributed by atoms with van der Waals surface area (Å²) in [4.78, 5) is 76.6. The van der Waals surface area contributed by atoms with Crippen molar-refractivity contribution in [2.24, 2.45) is 34.0 Å². The maximum Gasteiger partial charge on any atom is 0.488 e. The quantitative estimate of drug-likeness (QED) is 0.136. The molecule has 15 nitrogen and oxygen atoms in total. The molecule has 4 N–H and O–H groups in total. The Hall–Kier alpha value is -3.21. The summed E-state index contributed by atoms with van der Waals surface area (Å²) in [6.07, 6.45) is 9.57. The van der Waals surface area contributed by atoms with Gasteiger partial charge >= 0.3 is 8.25 Å². The molecule has 0 radical (unpaired) electrons. The van der Waals surface area contributed by atoms with Crippen LogP contribution in [0.5, 0.6) is 0 Å². The highest BCUT2D eigenvalue weighted by Crippen LogP contribution is 2.70. The van der Waals surface area contributed by atoms with Crippen molar-refractivity contribution in [2.75, 3.05) is 25.1 Å². The molecular formula is C48H63BrN3O12P. The highest BCUT2D eigenvalue weighted by Gasteiger charge is 2.76. The van der Waals surface area contributed by atoms with Crippen molar-refractivity contribution in [3.63, 3.8) is 0 Å². The number of ketones is 2. The molecule has 11 atom stereocenters. The van der Waals surface area contributed by atoms with Gasteiger partial charge < -0.3 is 40.2 Å². The van der Waals surface area contributed by atoms with Crippen molar-refractivity contribution >= 4 is 53.5 Å². The Morgan fingerprint density at radius 2 is 1.80 bits per heavy atom. The number of hydrogen-bond acceptors (Lipinski definition) is 12. The minimum Gasteiger partial charge on any atom is -0.566 e. The molecular weight excluding hydrogens is 921 g/mol. The SMILES string of the molecule is CC(C)(C)CC[C@H](NC(=O)CNC(=O)CBr)C(=O)NC12CCC(Cc3ccc(C4O[C@@H]5C[C@H]6[C@@H]7CCC8=CC(=O)C=C[C@]8(C)[C@H]7[C@@H](O)C[C@]6(C)[C@]5(C(=O)CO[P+](=O)[O-])O4)cc3)(CC1)OC2. The maximum atomic E-state index is 14.4. The fraction of sp³-hybridized carbons (Fsp3) is 0.688. The fourth-order valence-corrected chi connectivity index (χ4v) is 13.3. The standard InChI is InChI=1S/C48H63BrN3O12P/c1-43(2,3)14-13-34(51-39(57)25-50-38(56)24-49)41(58)52-46-16-18-47(19-17-46,61-27-46)22-28-6-8-29(9-7-28)42-63-37-21-33-32-11-10-30-20-31(53)12-15-44(30,4)40(32)35(54)23-45(33,5)48(37,64-42)36(55)26-62-65(59)60/h6-9,12,15,20,32-35,37,40,42,54H,10-11,13-14,16-19,21-27H2,1-5H3,(H,50,56)(H,51,57)(H,52,58)/t32-,33-,34-,35-,37+,40+,42?,44-,45-,46?,47?,48+/m0/s1. The average molecular weight is 985 g/mol. The number of fused-ring (bicyclic) bond motifs is 10. The van der Waals surface area contributed by atoms with E-state index in [2.05, 4.69) is 59.6 Å². The van der Waals surface area contributed by atoms with Crippen molar-refractivity contribution in [1.82, 2.24) is 16.0 Å². The van der Waals surface area contributed by atoms with Gasteiger partial charge in [-0.3, -0.25) is 24.0 Å². The zero-order valence-corrected chi connectivity index (χ0v) is 40.4. The third kappa shape index (κ3) is 9.12. The second-order valence-corrected chi connectivity index (χ2v) is 22.7. The van der Waals surface area contributed by atoms with Crippen LogP contribution >= 0.6 is 24.2 Å². The summed E-state index contributed by atoms with van der Waals surface area (Å²) in [7, 11) is -3.30. The molecule has 0 spiro atoms. The number of carbonyl (C=O) groups is 5. The van der Waals surface area contributed by atoms with E-state index >= 15 is 0 Å². The topological polar surface area (TPSA) is 219 Å². The van der Waals surface area contributed by atoms with E-state index in [9.17, 15) is 38.5 Å². The summed E-state index contributed by atoms with van der Waals surface area (Å²) in [6, 6.07) is 7.09. The van der Waals surface area contributed by atoms with Crippen molar-refractivity contribution in [2.45, 2.75) is 147 Å². The molecule has 5 aliphatic carbocycles. The first kappa shape index (κ1) is 48.3. The summed E-state index contributed by atoms with van der Waals surface area (Å²) >= 11 is 3.07. The van der Waals surface area contributed by atoms with Crippen LogP contribution in [0.15, 0.2) is 48.1 Å². The molecule has 2 unspecified atom stereocenters. The van der Waals surface area contributed by atoms with Crippen LogP contribution in [-0.4, -0.2) is 94.5 Å². The van der Waals surface area contributed by atoms with Crippen molar-refractivity contribution in [1.29, 1.82) is 0 Å². The summed E-state index contributed by atoms with van der Waals surface area (Å²) in [5, 5.41) is 20.8. The monoisotopic (exact) mass is 983 g/mol. The molecule has 8 aliphatic rings. The maximum absolute atomic E-state index is 14.4. The van der Waals surface area contributed by atoms with Gasteiger partial charge in [-0.15, -0.1) is 4.52 Å². The lowest BCUT2D eigenvalue weighted by Crippen LogP contribution is -2.65. The lowest BCUT2D eigenvalue weighted by Gasteiger charge is -2.59. The van der Waals surface area contributed by atoms with Gasteiger partial charge in [0.2, 0.25) is 17.7 Å². The number of Topliss-reactive ketones (excluding diaryl/α,β-unsaturated/α-hetero) is 1. The number of alkyl halides is 1. The minimum atomic E-state index is -3.30. The normalized spacial score (nSPS) is 37.5. The summed E-state index contributed by atoms with van der Waals surface area (Å²) in [6.45, 7) is 9.72. The Kier molecular flexibility index (Phi) is 13.4. The Morgan fingerprint density at radius 3 is 2.45 bits per heavy atom. The first-order valence-electron chi connectivity index (χ1n) is 23.1. The van der Waals surface area contributed by atoms with Gasteiger partial charge in [-0.05, 0) is 104 Å². The van der Waals surface area contributed by atoms with E-state index in [0.29, 0.717) is 57.1 Å². The third-order valence-corrected chi connectivity index (χ3v) is 17.1. The van der Waals surface area contributed by atoms with Gasteiger partial charge in [0.1, 0.15) is 6.04 Å². The second-order valence-electron chi connectivity index (χ2n) is 21.5. The molecule has 0 aromatic heterocycles. The lowest BCUT2D eigenvalue weighted by atomic mass is 9.46. The van der Waals surface area contributed by atoms with Gasteiger partial charge in [-0.1, -0.05) is 86.5 Å². The highest BCUT2D eigenvalue weighted by atomic mass is 79.9. The second kappa shape index (κ2) is 18.0. The number of benzene rings is 1. The van der Waals surface area contributed by atoms with E-state index in [-0.39, 0.29) is 59.1 Å². The van der Waals surface area contributed by atoms with Crippen molar-refractivity contribution < 1.29 is 57.3 Å². The molecule has 2 bridgehead atoms. The van der Waals surface area contributed by atoms with Crippen LogP contribution in [0.3, 0.4) is 0 Å². The molecule has 9 rings (SSSR count). The van der Waals surface area contributed by atoms with E-state index in [4.69, 9.17) is 18.7 Å². The number of aliphatic hydroxyl groups excluding tert-OH is 1. The van der Waals surface area contributed by atoms with Crippen LogP contribution in [0.25, 0.3) is 0 Å². The first-order valence-corrected chi connectivity index (χ1v) is 25.3. The van der Waals surface area contributed by atoms with Crippen LogP contribution < -0.4 is 20.8 Å². The van der Waals surface area contributed by atoms with Crippen molar-refractivity contribution in [3.8, 4) is 0 Å². The number of hydrogen-bond donors (Lipinski definition) is 4. The predicted molar refractivity (Wildman–Crippen MR) is 239 cm³/mol. The number of rotatable bonds is 15. The molecule has 354 valence electrons. The number of nitrogens with one attached hydrogen (secondary N) is 3. The Labute approximate surface area is 390 Å². The highest BCUT2D eigenvalue weighted by molar-refractivity contribution is 9.09. The molecule has 7 fully saturated rings. The van der Waals surface area contributed by atoms with Crippen LogP contribution in [0.2, 0.25) is 0 Å². The summed E-state index contributed by atoms with van der Waals surface area (Å²) in [5.74, 6) is -1.86. The Morgan fingerprint density at radius 1 is 1.08 bits per heavy atom. The number of carbonyl (C=O) groups excluding carboxylic acids is 5. The molecule has 1 aromatic carbocycles.